The van der Waals surface area contributed by atoms with E-state index in [1.54, 1.807) is 6.92 Å². The number of aryl methyl sites for hydroxylation is 1. The minimum Gasteiger partial charge on any atom is -0.355 e. The molecule has 2 heterocycles. The van der Waals surface area contributed by atoms with Gasteiger partial charge in [0.2, 0.25) is 0 Å². The van der Waals surface area contributed by atoms with E-state index in [9.17, 15) is 4.79 Å². The second-order valence-electron chi connectivity index (χ2n) is 4.04. The minimum atomic E-state index is -0.100. The van der Waals surface area contributed by atoms with Gasteiger partial charge in [0.1, 0.15) is 11.6 Å². The van der Waals surface area contributed by atoms with Gasteiger partial charge in [-0.25, -0.2) is 4.98 Å². The van der Waals surface area contributed by atoms with Crippen molar-refractivity contribution in [3.8, 4) is 0 Å². The van der Waals surface area contributed by atoms with Gasteiger partial charge in [0.05, 0.1) is 0 Å². The lowest BCUT2D eigenvalue weighted by Crippen LogP contribution is -2.43. The molecule has 1 aromatic rings. The Morgan fingerprint density at radius 1 is 1.67 bits per heavy atom. The molecule has 1 saturated heterocycles. The summed E-state index contributed by atoms with van der Waals surface area (Å²) in [6.07, 6.45) is 2.12. The molecular formula is C10H16N4O. The molecule has 0 saturated carbocycles. The highest BCUT2D eigenvalue weighted by molar-refractivity contribution is 5.38. The molecule has 0 bridgehead atoms. The molecule has 0 amide bonds. The molecule has 5 nitrogen and oxygen atoms in total. The molecule has 1 unspecified atom stereocenters. The maximum absolute atomic E-state index is 11.3. The fraction of sp³-hybridized carbons (Fsp3) is 0.600. The lowest BCUT2D eigenvalue weighted by Gasteiger charge is -2.31. The highest BCUT2D eigenvalue weighted by Crippen LogP contribution is 2.15. The van der Waals surface area contributed by atoms with E-state index in [1.807, 2.05) is 0 Å². The minimum absolute atomic E-state index is 0.100. The van der Waals surface area contributed by atoms with Crippen LogP contribution in [0.2, 0.25) is 0 Å². The summed E-state index contributed by atoms with van der Waals surface area (Å²) >= 11 is 0. The molecular weight excluding hydrogens is 192 g/mol. The summed E-state index contributed by atoms with van der Waals surface area (Å²) in [5, 5.41) is 0. The first-order chi connectivity index (χ1) is 7.15. The standard InChI is InChI=1S/C10H16N4O/c1-7-12-9(5-10(15)13-7)14-4-2-3-8(11)6-14/h5,8H,2-4,6,11H2,1H3,(H,12,13,15). The quantitative estimate of drug-likeness (QED) is 0.681. The number of nitrogens with one attached hydrogen (secondary N) is 1. The monoisotopic (exact) mass is 208 g/mol. The Morgan fingerprint density at radius 3 is 3.13 bits per heavy atom. The number of aromatic amines is 1. The van der Waals surface area contributed by atoms with Gasteiger partial charge in [0, 0.05) is 25.2 Å². The Bertz CT molecular complexity index is 401. The highest BCUT2D eigenvalue weighted by atomic mass is 16.1. The molecule has 0 radical (unpaired) electrons. The zero-order chi connectivity index (χ0) is 10.8. The number of nitrogens with zero attached hydrogens (tertiary/aromatic N) is 2. The average Bonchev–Trinajstić information content (AvgIpc) is 2.16. The van der Waals surface area contributed by atoms with Crippen molar-refractivity contribution in [2.45, 2.75) is 25.8 Å². The third kappa shape index (κ3) is 2.36. The number of H-pyrrole nitrogens is 1. The summed E-state index contributed by atoms with van der Waals surface area (Å²) in [6, 6.07) is 1.73. The van der Waals surface area contributed by atoms with E-state index in [0.29, 0.717) is 5.82 Å². The van der Waals surface area contributed by atoms with Gasteiger partial charge < -0.3 is 15.6 Å². The summed E-state index contributed by atoms with van der Waals surface area (Å²) in [5.41, 5.74) is 5.78. The number of hydrogen-bond acceptors (Lipinski definition) is 4. The number of piperidine rings is 1. The van der Waals surface area contributed by atoms with E-state index in [2.05, 4.69) is 14.9 Å². The first kappa shape index (κ1) is 10.2. The van der Waals surface area contributed by atoms with Crippen molar-refractivity contribution < 1.29 is 0 Å². The predicted molar refractivity (Wildman–Crippen MR) is 59.0 cm³/mol. The summed E-state index contributed by atoms with van der Waals surface area (Å²) < 4.78 is 0. The van der Waals surface area contributed by atoms with E-state index < -0.39 is 0 Å². The van der Waals surface area contributed by atoms with Gasteiger partial charge in [-0.3, -0.25) is 4.79 Å². The lowest BCUT2D eigenvalue weighted by molar-refractivity contribution is 0.502. The average molecular weight is 208 g/mol. The SMILES string of the molecule is Cc1nc(N2CCCC(N)C2)cc(=O)[nH]1. The van der Waals surface area contributed by atoms with Crippen molar-refractivity contribution >= 4 is 5.82 Å². The van der Waals surface area contributed by atoms with Crippen molar-refractivity contribution in [3.63, 3.8) is 0 Å². The molecule has 0 aliphatic carbocycles. The van der Waals surface area contributed by atoms with Crippen LogP contribution in [0.3, 0.4) is 0 Å². The Kier molecular flexibility index (Phi) is 2.73. The van der Waals surface area contributed by atoms with Crippen molar-refractivity contribution in [3.05, 3.63) is 22.2 Å². The van der Waals surface area contributed by atoms with Gasteiger partial charge in [-0.15, -0.1) is 0 Å². The molecule has 1 fully saturated rings. The smallest absolute Gasteiger partial charge is 0.252 e. The zero-order valence-electron chi connectivity index (χ0n) is 8.86. The zero-order valence-corrected chi connectivity index (χ0v) is 8.86. The van der Waals surface area contributed by atoms with Crippen LogP contribution in [0.5, 0.6) is 0 Å². The summed E-state index contributed by atoms with van der Waals surface area (Å²) in [4.78, 5) is 20.3. The van der Waals surface area contributed by atoms with Gasteiger partial charge in [-0.2, -0.15) is 0 Å². The molecule has 5 heteroatoms. The van der Waals surface area contributed by atoms with Crippen molar-refractivity contribution in [1.82, 2.24) is 9.97 Å². The normalized spacial score (nSPS) is 21.7. The largest absolute Gasteiger partial charge is 0.355 e. The fourth-order valence-corrected chi connectivity index (χ4v) is 1.94. The molecule has 82 valence electrons. The Hall–Kier alpha value is -1.36. The molecule has 1 atom stereocenters. The van der Waals surface area contributed by atoms with Gasteiger partial charge in [0.15, 0.2) is 0 Å². The number of aromatic nitrogens is 2. The van der Waals surface area contributed by atoms with E-state index in [0.717, 1.165) is 31.7 Å². The van der Waals surface area contributed by atoms with Crippen LogP contribution < -0.4 is 16.2 Å². The second kappa shape index (κ2) is 4.02. The number of anilines is 1. The van der Waals surface area contributed by atoms with Gasteiger partial charge in [-0.05, 0) is 19.8 Å². The van der Waals surface area contributed by atoms with Gasteiger partial charge >= 0.3 is 0 Å². The molecule has 0 aromatic carbocycles. The molecule has 2 rings (SSSR count). The first-order valence-electron chi connectivity index (χ1n) is 5.23. The third-order valence-corrected chi connectivity index (χ3v) is 2.63. The molecule has 1 aliphatic heterocycles. The lowest BCUT2D eigenvalue weighted by atomic mass is 10.1. The van der Waals surface area contributed by atoms with E-state index >= 15 is 0 Å². The maximum Gasteiger partial charge on any atom is 0.252 e. The van der Waals surface area contributed by atoms with Gasteiger partial charge in [-0.1, -0.05) is 0 Å². The van der Waals surface area contributed by atoms with Crippen LogP contribution in [0.25, 0.3) is 0 Å². The van der Waals surface area contributed by atoms with Crippen molar-refractivity contribution in [2.75, 3.05) is 18.0 Å². The Morgan fingerprint density at radius 2 is 2.47 bits per heavy atom. The van der Waals surface area contributed by atoms with E-state index in [1.165, 1.54) is 6.07 Å². The molecule has 1 aromatic heterocycles. The Balaban J connectivity index is 2.24. The van der Waals surface area contributed by atoms with Gasteiger partial charge in [0.25, 0.3) is 5.56 Å². The number of rotatable bonds is 1. The summed E-state index contributed by atoms with van der Waals surface area (Å²) in [5.74, 6) is 1.39. The van der Waals surface area contributed by atoms with Crippen LogP contribution in [0, 0.1) is 6.92 Å². The van der Waals surface area contributed by atoms with Crippen LogP contribution in [-0.2, 0) is 0 Å². The highest BCUT2D eigenvalue weighted by Gasteiger charge is 2.18. The Labute approximate surface area is 88.3 Å². The van der Waals surface area contributed by atoms with E-state index in [4.69, 9.17) is 5.73 Å². The maximum atomic E-state index is 11.3. The van der Waals surface area contributed by atoms with E-state index in [-0.39, 0.29) is 11.6 Å². The molecule has 0 spiro atoms. The van der Waals surface area contributed by atoms with Crippen LogP contribution in [-0.4, -0.2) is 29.1 Å². The molecule has 1 aliphatic rings. The number of nitrogens with two attached hydrogens (primary N) is 1. The van der Waals surface area contributed by atoms with Crippen LogP contribution >= 0.6 is 0 Å². The first-order valence-corrected chi connectivity index (χ1v) is 5.23. The van der Waals surface area contributed by atoms with Crippen molar-refractivity contribution in [2.24, 2.45) is 5.73 Å². The van der Waals surface area contributed by atoms with Crippen LogP contribution in [0.4, 0.5) is 5.82 Å². The second-order valence-corrected chi connectivity index (χ2v) is 4.04. The molecule has 3 N–H and O–H groups in total. The molecule has 15 heavy (non-hydrogen) atoms. The van der Waals surface area contributed by atoms with Crippen LogP contribution in [0.1, 0.15) is 18.7 Å². The summed E-state index contributed by atoms with van der Waals surface area (Å²) in [7, 11) is 0. The fourth-order valence-electron chi connectivity index (χ4n) is 1.94. The van der Waals surface area contributed by atoms with Crippen molar-refractivity contribution in [1.29, 1.82) is 0 Å². The third-order valence-electron chi connectivity index (χ3n) is 2.63. The predicted octanol–water partition coefficient (Wildman–Crippen LogP) is 0.00582. The summed E-state index contributed by atoms with van der Waals surface area (Å²) in [6.45, 7) is 3.51. The topological polar surface area (TPSA) is 75.0 Å². The van der Waals surface area contributed by atoms with Crippen LogP contribution in [0.15, 0.2) is 10.9 Å². The number of hydrogen-bond donors (Lipinski definition) is 2.